The second-order valence-corrected chi connectivity index (χ2v) is 21.4. The molecular weight excluding hydrogens is 747 g/mol. The van der Waals surface area contributed by atoms with Gasteiger partial charge < -0.3 is 35.0 Å². The van der Waals surface area contributed by atoms with Crippen molar-refractivity contribution in [3.05, 3.63) is 0 Å². The summed E-state index contributed by atoms with van der Waals surface area (Å²) in [6.45, 7) is 23.3. The Hall–Kier alpha value is -2.66. The summed E-state index contributed by atoms with van der Waals surface area (Å²) in [4.78, 5) is 45.0. The highest BCUT2D eigenvalue weighted by atomic mass is 16.6. The molecule has 2 saturated carbocycles. The van der Waals surface area contributed by atoms with Crippen molar-refractivity contribution in [2.75, 3.05) is 52.4 Å². The van der Waals surface area contributed by atoms with E-state index >= 15 is 0 Å². The first kappa shape index (κ1) is 47.4. The summed E-state index contributed by atoms with van der Waals surface area (Å²) in [6.07, 6.45) is 16.5. The molecule has 6 atom stereocenters. The molecule has 0 spiro atoms. The number of piperidine rings is 2. The van der Waals surface area contributed by atoms with Crippen molar-refractivity contribution in [3.63, 3.8) is 0 Å². The molecule has 13 nitrogen and oxygen atoms in total. The molecule has 2 unspecified atom stereocenters. The number of hydrogen-bond acceptors (Lipinski definition) is 10. The van der Waals surface area contributed by atoms with Gasteiger partial charge in [0.2, 0.25) is 0 Å². The summed E-state index contributed by atoms with van der Waals surface area (Å²) < 4.78 is 11.1. The van der Waals surface area contributed by atoms with Gasteiger partial charge >= 0.3 is 18.2 Å². The monoisotopic (exact) mass is 828 g/mol. The predicted molar refractivity (Wildman–Crippen MR) is 231 cm³/mol. The van der Waals surface area contributed by atoms with Gasteiger partial charge in [-0.05, 0) is 131 Å². The molecule has 0 aromatic rings. The number of rotatable bonds is 9. The lowest BCUT2D eigenvalue weighted by Crippen LogP contribution is -2.56. The highest BCUT2D eigenvalue weighted by Crippen LogP contribution is 2.35. The Kier molecular flexibility index (Phi) is 16.4. The molecule has 0 aromatic carbocycles. The van der Waals surface area contributed by atoms with Crippen LogP contribution in [0.2, 0.25) is 0 Å². The van der Waals surface area contributed by atoms with Crippen LogP contribution in [0.1, 0.15) is 158 Å². The van der Waals surface area contributed by atoms with Crippen LogP contribution in [-0.4, -0.2) is 142 Å². The Morgan fingerprint density at radius 3 is 1.42 bits per heavy atom. The molecule has 4 saturated heterocycles. The number of ether oxygens (including phenoxy) is 2. The maximum Gasteiger partial charge on any atom is 0.410 e. The number of aliphatic carboxylic acids is 1. The van der Waals surface area contributed by atoms with Gasteiger partial charge in [0.25, 0.3) is 0 Å². The van der Waals surface area contributed by atoms with Gasteiger partial charge in [0.15, 0.2) is 0 Å². The van der Waals surface area contributed by atoms with Gasteiger partial charge in [-0.1, -0.05) is 25.7 Å². The molecular formula is C46H81N7O6. The number of hydrogen-bond donors (Lipinski definition) is 3. The first-order valence-electron chi connectivity index (χ1n) is 23.3. The molecule has 13 heteroatoms. The highest BCUT2D eigenvalue weighted by molar-refractivity contribution is 5.69. The van der Waals surface area contributed by atoms with Crippen LogP contribution in [0.5, 0.6) is 0 Å². The SMILES string of the molecule is CC(C)(C)OC(=O)N1CCC(C)(N2CCC(N[C@H]3CCCC[C@@H]3CC#N)CC2)C1.CC(C)(C)OC(=O)N1CCC(C)(N2CCC(N[C@H]3CCCC[C@@H]3CC(=O)O)CC2)C1. The minimum absolute atomic E-state index is 0.0125. The Morgan fingerprint density at radius 2 is 1.03 bits per heavy atom. The average Bonchev–Trinajstić information content (AvgIpc) is 3.77. The van der Waals surface area contributed by atoms with Crippen LogP contribution in [-0.2, 0) is 14.3 Å². The molecule has 0 radical (unpaired) electrons. The number of carboxylic acid groups (broad SMARTS) is 1. The molecule has 4 aliphatic heterocycles. The lowest BCUT2D eigenvalue weighted by atomic mass is 9.81. The fraction of sp³-hybridized carbons (Fsp3) is 0.913. The van der Waals surface area contributed by atoms with Crippen molar-refractivity contribution < 1.29 is 29.0 Å². The zero-order valence-electron chi connectivity index (χ0n) is 38.2. The van der Waals surface area contributed by atoms with Gasteiger partial charge in [-0.15, -0.1) is 0 Å². The second kappa shape index (κ2) is 20.5. The largest absolute Gasteiger partial charge is 0.481 e. The van der Waals surface area contributed by atoms with Crippen LogP contribution in [0, 0.1) is 23.2 Å². The average molecular weight is 828 g/mol. The number of amides is 2. The molecule has 336 valence electrons. The van der Waals surface area contributed by atoms with E-state index in [1.165, 1.54) is 32.1 Å². The third kappa shape index (κ3) is 13.9. The van der Waals surface area contributed by atoms with Gasteiger partial charge in [-0.3, -0.25) is 14.6 Å². The second-order valence-electron chi connectivity index (χ2n) is 21.4. The molecule has 6 rings (SSSR count). The number of nitrogens with one attached hydrogen (secondary N) is 2. The first-order valence-corrected chi connectivity index (χ1v) is 23.3. The van der Waals surface area contributed by atoms with E-state index < -0.39 is 17.2 Å². The molecule has 59 heavy (non-hydrogen) atoms. The molecule has 4 heterocycles. The van der Waals surface area contributed by atoms with Crippen molar-refractivity contribution in [1.29, 1.82) is 5.26 Å². The topological polar surface area (TPSA) is 151 Å². The van der Waals surface area contributed by atoms with Crippen LogP contribution in [0.4, 0.5) is 9.59 Å². The fourth-order valence-electron chi connectivity index (χ4n) is 10.8. The van der Waals surface area contributed by atoms with E-state index in [2.05, 4.69) is 40.4 Å². The Balaban J connectivity index is 0.000000224. The predicted octanol–water partition coefficient (Wildman–Crippen LogP) is 7.39. The lowest BCUT2D eigenvalue weighted by Gasteiger charge is -2.44. The van der Waals surface area contributed by atoms with Crippen LogP contribution in [0.3, 0.4) is 0 Å². The maximum atomic E-state index is 12.4. The van der Waals surface area contributed by atoms with Crippen LogP contribution in [0.15, 0.2) is 0 Å². The number of carbonyl (C=O) groups is 3. The van der Waals surface area contributed by atoms with E-state index in [-0.39, 0.29) is 35.6 Å². The smallest absolute Gasteiger partial charge is 0.410 e. The van der Waals surface area contributed by atoms with Gasteiger partial charge in [0, 0.05) is 100 Å². The summed E-state index contributed by atoms with van der Waals surface area (Å²) in [5, 5.41) is 26.1. The molecule has 0 bridgehead atoms. The lowest BCUT2D eigenvalue weighted by molar-refractivity contribution is -0.138. The summed E-state index contributed by atoms with van der Waals surface area (Å²) in [5.41, 5.74) is -0.838. The van der Waals surface area contributed by atoms with E-state index in [1.807, 2.05) is 51.3 Å². The summed E-state index contributed by atoms with van der Waals surface area (Å²) in [6, 6.07) is 4.28. The standard InChI is InChI=1S/C23H40N4O2.C23H41N3O4/c1-22(2,3)29-21(28)26-16-12-23(4,17-26)27-14-10-19(11-15-27)25-20-8-6-5-7-18(20)9-13-24;1-22(2,3)30-21(29)25-14-11-23(4,16-25)26-12-9-18(10-13-26)24-19-8-6-5-7-17(19)15-20(27)28/h18-20,25H,5-12,14-17H2,1-4H3;17-19,24H,5-16H2,1-4H3,(H,27,28)/t18-,20+,23?;17-,19+,23?/m11/s1. The van der Waals surface area contributed by atoms with Gasteiger partial charge in [0.1, 0.15) is 11.2 Å². The molecule has 0 aromatic heterocycles. The van der Waals surface area contributed by atoms with Gasteiger partial charge in [-0.2, -0.15) is 5.26 Å². The van der Waals surface area contributed by atoms with Crippen molar-refractivity contribution in [1.82, 2.24) is 30.2 Å². The van der Waals surface area contributed by atoms with E-state index in [0.717, 1.165) is 110 Å². The summed E-state index contributed by atoms with van der Waals surface area (Å²) >= 11 is 0. The van der Waals surface area contributed by atoms with E-state index in [0.29, 0.717) is 36.5 Å². The zero-order chi connectivity index (χ0) is 43.0. The minimum atomic E-state index is -0.674. The van der Waals surface area contributed by atoms with Crippen molar-refractivity contribution in [2.24, 2.45) is 11.8 Å². The minimum Gasteiger partial charge on any atom is -0.481 e. The van der Waals surface area contributed by atoms with Gasteiger partial charge in [-0.25, -0.2) is 9.59 Å². The van der Waals surface area contributed by atoms with E-state index in [9.17, 15) is 19.5 Å². The number of carboxylic acids is 1. The Labute approximate surface area is 356 Å². The number of nitrogens with zero attached hydrogens (tertiary/aromatic N) is 5. The van der Waals surface area contributed by atoms with Crippen molar-refractivity contribution in [2.45, 2.75) is 205 Å². The van der Waals surface area contributed by atoms with Gasteiger partial charge in [0.05, 0.1) is 6.07 Å². The maximum absolute atomic E-state index is 12.4. The van der Waals surface area contributed by atoms with Crippen LogP contribution >= 0.6 is 0 Å². The fourth-order valence-corrected chi connectivity index (χ4v) is 10.8. The van der Waals surface area contributed by atoms with Crippen LogP contribution < -0.4 is 10.6 Å². The molecule has 2 aliphatic carbocycles. The number of carbonyl (C=O) groups excluding carboxylic acids is 2. The Bertz CT molecular complexity index is 1430. The van der Waals surface area contributed by atoms with Crippen molar-refractivity contribution in [3.8, 4) is 6.07 Å². The molecule has 6 fully saturated rings. The zero-order valence-corrected chi connectivity index (χ0v) is 38.2. The summed E-state index contributed by atoms with van der Waals surface area (Å²) in [5.74, 6) is 0.123. The van der Waals surface area contributed by atoms with E-state index in [1.54, 1.807) is 0 Å². The molecule has 3 N–H and O–H groups in total. The third-order valence-corrected chi connectivity index (χ3v) is 14.2. The van der Waals surface area contributed by atoms with Crippen molar-refractivity contribution >= 4 is 18.2 Å². The normalized spacial score (nSPS) is 31.9. The number of likely N-dealkylation sites (tertiary alicyclic amines) is 4. The van der Waals surface area contributed by atoms with E-state index in [4.69, 9.17) is 14.7 Å². The Morgan fingerprint density at radius 1 is 0.644 bits per heavy atom. The first-order chi connectivity index (χ1) is 27.8. The van der Waals surface area contributed by atoms with Crippen LogP contribution in [0.25, 0.3) is 0 Å². The molecule has 2 amide bonds. The summed E-state index contributed by atoms with van der Waals surface area (Å²) in [7, 11) is 0. The molecule has 6 aliphatic rings. The third-order valence-electron chi connectivity index (χ3n) is 14.2. The number of nitriles is 1. The quantitative estimate of drug-likeness (QED) is 0.214. The highest BCUT2D eigenvalue weighted by Gasteiger charge is 2.45.